The molecule has 3 aromatic carbocycles. The molecule has 2 N–H and O–H groups in total. The van der Waals surface area contributed by atoms with Crippen LogP contribution >= 0.6 is 0 Å². The molecule has 0 aromatic heterocycles. The highest BCUT2D eigenvalue weighted by Gasteiger charge is 2.19. The third kappa shape index (κ3) is 8.42. The van der Waals surface area contributed by atoms with Crippen LogP contribution in [0.4, 0.5) is 11.4 Å². The summed E-state index contributed by atoms with van der Waals surface area (Å²) >= 11 is 0. The van der Waals surface area contributed by atoms with Gasteiger partial charge in [0.2, 0.25) is 0 Å². The van der Waals surface area contributed by atoms with E-state index in [1.165, 1.54) is 45.0 Å². The van der Waals surface area contributed by atoms with E-state index in [-0.39, 0.29) is 40.7 Å². The van der Waals surface area contributed by atoms with Crippen LogP contribution in [0.15, 0.2) is 61.2 Å². The fourth-order valence-electron chi connectivity index (χ4n) is 4.27. The molecule has 212 valence electrons. The second-order valence-corrected chi connectivity index (χ2v) is 11.4. The van der Waals surface area contributed by atoms with Gasteiger partial charge in [0.25, 0.3) is 5.91 Å². The van der Waals surface area contributed by atoms with Crippen LogP contribution in [0.5, 0.6) is 0 Å². The van der Waals surface area contributed by atoms with Crippen molar-refractivity contribution in [2.24, 2.45) is 0 Å². The minimum absolute atomic E-state index is 0.0179. The predicted molar refractivity (Wildman–Crippen MR) is 163 cm³/mol. The molecule has 0 aliphatic heterocycles. The zero-order valence-electron chi connectivity index (χ0n) is 24.7. The molecule has 0 saturated carbocycles. The van der Waals surface area contributed by atoms with Gasteiger partial charge in [0, 0.05) is 51.2 Å². The van der Waals surface area contributed by atoms with Crippen LogP contribution in [0.1, 0.15) is 111 Å². The molecule has 0 saturated heterocycles. The van der Waals surface area contributed by atoms with Crippen molar-refractivity contribution in [2.75, 3.05) is 10.6 Å². The molecule has 1 amide bonds. The van der Waals surface area contributed by atoms with Crippen LogP contribution in [0.2, 0.25) is 0 Å². The van der Waals surface area contributed by atoms with Crippen LogP contribution in [-0.2, 0) is 6.42 Å². The van der Waals surface area contributed by atoms with E-state index in [0.717, 1.165) is 11.1 Å². The van der Waals surface area contributed by atoms with Gasteiger partial charge in [0.1, 0.15) is 0 Å². The van der Waals surface area contributed by atoms with E-state index < -0.39 is 5.91 Å². The van der Waals surface area contributed by atoms with Crippen molar-refractivity contribution in [1.82, 2.24) is 0 Å². The molecule has 7 heteroatoms. The predicted octanol–water partition coefficient (Wildman–Crippen LogP) is 7.22. The van der Waals surface area contributed by atoms with Crippen LogP contribution in [-0.4, -0.2) is 34.6 Å². The first-order valence-corrected chi connectivity index (χ1v) is 13.3. The van der Waals surface area contributed by atoms with Crippen LogP contribution < -0.4 is 10.6 Å². The molecule has 3 rings (SSSR count). The molecule has 0 radical (unpaired) electrons. The second-order valence-electron chi connectivity index (χ2n) is 11.4. The maximum atomic E-state index is 13.5. The second kappa shape index (κ2) is 12.3. The Labute approximate surface area is 241 Å². The monoisotopic (exact) mass is 552 g/mol. The normalized spacial score (nSPS) is 11.0. The zero-order valence-corrected chi connectivity index (χ0v) is 24.7. The van der Waals surface area contributed by atoms with E-state index in [4.69, 9.17) is 0 Å². The standard InChI is InChI=1S/C34H36N2O5/c1-19(2)24-9-23(10-25(12-24)20(3)37)11-32(40)28-14-29(18-31(17-28)36-34(6,7)8)33(41)35-30-15-26(21(4)38)13-27(16-30)22(5)39/h9-10,12-18,36H,1,11H2,2-8H3,(H,35,41). The first-order chi connectivity index (χ1) is 19.0. The summed E-state index contributed by atoms with van der Waals surface area (Å²) in [5.74, 6) is -1.33. The molecule has 0 atom stereocenters. The third-order valence-electron chi connectivity index (χ3n) is 6.30. The lowest BCUT2D eigenvalue weighted by molar-refractivity contribution is 0.0985. The van der Waals surface area contributed by atoms with Gasteiger partial charge in [-0.15, -0.1) is 0 Å². The third-order valence-corrected chi connectivity index (χ3v) is 6.30. The number of Topliss-reactive ketones (excluding diaryl/α,β-unsaturated/α-hetero) is 4. The van der Waals surface area contributed by atoms with Gasteiger partial charge in [-0.1, -0.05) is 18.2 Å². The van der Waals surface area contributed by atoms with Crippen molar-refractivity contribution in [2.45, 2.75) is 60.4 Å². The molecule has 0 fully saturated rings. The van der Waals surface area contributed by atoms with Crippen molar-refractivity contribution < 1.29 is 24.0 Å². The van der Waals surface area contributed by atoms with Crippen molar-refractivity contribution >= 4 is 46.0 Å². The van der Waals surface area contributed by atoms with Gasteiger partial charge < -0.3 is 10.6 Å². The molecule has 0 heterocycles. The van der Waals surface area contributed by atoms with Gasteiger partial charge in [-0.2, -0.15) is 0 Å². The van der Waals surface area contributed by atoms with Gasteiger partial charge >= 0.3 is 0 Å². The van der Waals surface area contributed by atoms with Crippen molar-refractivity contribution in [1.29, 1.82) is 0 Å². The van der Waals surface area contributed by atoms with E-state index in [0.29, 0.717) is 39.2 Å². The Morgan fingerprint density at radius 3 is 1.56 bits per heavy atom. The number of carbonyl (C=O) groups excluding carboxylic acids is 5. The highest BCUT2D eigenvalue weighted by atomic mass is 16.2. The Balaban J connectivity index is 2.02. The largest absolute Gasteiger partial charge is 0.380 e. The SMILES string of the molecule is C=C(C)c1cc(CC(=O)c2cc(NC(C)(C)C)cc(C(=O)Nc3cc(C(C)=O)cc(C(C)=O)c3)c2)cc(C(C)=O)c1. The van der Waals surface area contributed by atoms with E-state index in [1.54, 1.807) is 24.3 Å². The van der Waals surface area contributed by atoms with Gasteiger partial charge in [0.15, 0.2) is 23.1 Å². The summed E-state index contributed by atoms with van der Waals surface area (Å²) in [7, 11) is 0. The van der Waals surface area contributed by atoms with E-state index in [2.05, 4.69) is 17.2 Å². The summed E-state index contributed by atoms with van der Waals surface area (Å²) in [5, 5.41) is 6.08. The van der Waals surface area contributed by atoms with Gasteiger partial charge in [-0.05, 0) is 108 Å². The molecular formula is C34H36N2O5. The van der Waals surface area contributed by atoms with Crippen molar-refractivity contribution in [3.8, 4) is 0 Å². The van der Waals surface area contributed by atoms with E-state index in [9.17, 15) is 24.0 Å². The fraction of sp³-hybridized carbons (Fsp3) is 0.265. The molecule has 0 aliphatic rings. The Hall–Kier alpha value is -4.65. The molecule has 0 aliphatic carbocycles. The maximum Gasteiger partial charge on any atom is 0.255 e. The van der Waals surface area contributed by atoms with Crippen molar-refractivity contribution in [3.63, 3.8) is 0 Å². The summed E-state index contributed by atoms with van der Waals surface area (Å²) in [6, 6.07) is 14.7. The number of anilines is 2. The highest BCUT2D eigenvalue weighted by molar-refractivity contribution is 6.09. The van der Waals surface area contributed by atoms with E-state index in [1.807, 2.05) is 33.8 Å². The summed E-state index contributed by atoms with van der Waals surface area (Å²) < 4.78 is 0. The minimum Gasteiger partial charge on any atom is -0.380 e. The Kier molecular flexibility index (Phi) is 9.23. The number of hydrogen-bond donors (Lipinski definition) is 2. The maximum absolute atomic E-state index is 13.5. The summed E-state index contributed by atoms with van der Waals surface area (Å²) in [5.41, 5.74) is 4.38. The number of benzene rings is 3. The smallest absolute Gasteiger partial charge is 0.255 e. The number of hydrogen-bond acceptors (Lipinski definition) is 6. The lowest BCUT2D eigenvalue weighted by atomic mass is 9.94. The topological polar surface area (TPSA) is 109 Å². The Morgan fingerprint density at radius 2 is 1.05 bits per heavy atom. The molecule has 0 unspecified atom stereocenters. The molecule has 7 nitrogen and oxygen atoms in total. The molecule has 0 bridgehead atoms. The van der Waals surface area contributed by atoms with E-state index >= 15 is 0 Å². The molecule has 41 heavy (non-hydrogen) atoms. The first kappa shape index (κ1) is 30.9. The van der Waals surface area contributed by atoms with Crippen LogP contribution in [0.3, 0.4) is 0 Å². The summed E-state index contributed by atoms with van der Waals surface area (Å²) in [6.07, 6.45) is 0.0179. The quantitative estimate of drug-likeness (QED) is 0.257. The first-order valence-electron chi connectivity index (χ1n) is 13.3. The Bertz CT molecular complexity index is 1420. The minimum atomic E-state index is -0.505. The average molecular weight is 553 g/mol. The summed E-state index contributed by atoms with van der Waals surface area (Å²) in [6.45, 7) is 15.9. The fourth-order valence-corrected chi connectivity index (χ4v) is 4.27. The molecular weight excluding hydrogens is 516 g/mol. The molecule has 0 spiro atoms. The Morgan fingerprint density at radius 1 is 0.610 bits per heavy atom. The molecule has 3 aromatic rings. The number of rotatable bonds is 10. The number of amides is 1. The number of ketones is 4. The van der Waals surface area contributed by atoms with Gasteiger partial charge in [-0.25, -0.2) is 0 Å². The van der Waals surface area contributed by atoms with Crippen LogP contribution in [0.25, 0.3) is 5.57 Å². The highest BCUT2D eigenvalue weighted by Crippen LogP contribution is 2.24. The van der Waals surface area contributed by atoms with Crippen LogP contribution in [0, 0.1) is 0 Å². The average Bonchev–Trinajstić information content (AvgIpc) is 2.86. The van der Waals surface area contributed by atoms with Gasteiger partial charge in [-0.3, -0.25) is 24.0 Å². The lowest BCUT2D eigenvalue weighted by Crippen LogP contribution is -2.26. The number of allylic oxidation sites excluding steroid dienone is 1. The lowest BCUT2D eigenvalue weighted by Gasteiger charge is -2.23. The van der Waals surface area contributed by atoms with Crippen molar-refractivity contribution in [3.05, 3.63) is 100 Å². The number of carbonyl (C=O) groups is 5. The number of nitrogens with one attached hydrogen (secondary N) is 2. The van der Waals surface area contributed by atoms with Gasteiger partial charge in [0.05, 0.1) is 0 Å². The zero-order chi connectivity index (χ0) is 30.6. The summed E-state index contributed by atoms with van der Waals surface area (Å²) in [4.78, 5) is 63.0.